The van der Waals surface area contributed by atoms with E-state index in [9.17, 15) is 0 Å². The number of nitrogens with zero attached hydrogens (tertiary/aromatic N) is 1. The summed E-state index contributed by atoms with van der Waals surface area (Å²) in [6.07, 6.45) is 8.26. The molecule has 1 aliphatic carbocycles. The summed E-state index contributed by atoms with van der Waals surface area (Å²) in [5, 5.41) is 3.71. The standard InChI is InChI=1S/C17H28N2/c1-15-8-6-11-17(14-15)19(2)13-7-12-18-16-9-4-3-5-10-16/h6,8,11,14,16,18H,3-5,7,9-10,12-13H2,1-2H3. The van der Waals surface area contributed by atoms with Crippen molar-refractivity contribution in [2.24, 2.45) is 0 Å². The van der Waals surface area contributed by atoms with Gasteiger partial charge in [-0.15, -0.1) is 0 Å². The maximum Gasteiger partial charge on any atom is 0.0366 e. The summed E-state index contributed by atoms with van der Waals surface area (Å²) >= 11 is 0. The van der Waals surface area contributed by atoms with Crippen molar-refractivity contribution in [3.05, 3.63) is 29.8 Å². The molecule has 2 rings (SSSR count). The van der Waals surface area contributed by atoms with Crippen molar-refractivity contribution in [2.75, 3.05) is 25.0 Å². The fourth-order valence-electron chi connectivity index (χ4n) is 2.92. The first-order chi connectivity index (χ1) is 9.25. The Morgan fingerprint density at radius 2 is 2.00 bits per heavy atom. The van der Waals surface area contributed by atoms with E-state index in [2.05, 4.69) is 48.5 Å². The van der Waals surface area contributed by atoms with Gasteiger partial charge in [0, 0.05) is 25.3 Å². The summed E-state index contributed by atoms with van der Waals surface area (Å²) in [7, 11) is 2.19. The molecule has 1 fully saturated rings. The van der Waals surface area contributed by atoms with Gasteiger partial charge in [-0.1, -0.05) is 31.4 Å². The Labute approximate surface area is 118 Å². The SMILES string of the molecule is Cc1cccc(N(C)CCCNC2CCCCC2)c1. The Kier molecular flexibility index (Phi) is 5.71. The van der Waals surface area contributed by atoms with Gasteiger partial charge in [0.15, 0.2) is 0 Å². The summed E-state index contributed by atoms with van der Waals surface area (Å²) < 4.78 is 0. The second-order valence-corrected chi connectivity index (χ2v) is 5.90. The van der Waals surface area contributed by atoms with E-state index >= 15 is 0 Å². The smallest absolute Gasteiger partial charge is 0.0366 e. The normalized spacial score (nSPS) is 16.5. The van der Waals surface area contributed by atoms with E-state index in [1.165, 1.54) is 49.8 Å². The number of rotatable bonds is 6. The lowest BCUT2D eigenvalue weighted by Gasteiger charge is -2.24. The molecule has 2 heteroatoms. The Hall–Kier alpha value is -1.02. The fourth-order valence-corrected chi connectivity index (χ4v) is 2.92. The topological polar surface area (TPSA) is 15.3 Å². The predicted octanol–water partition coefficient (Wildman–Crippen LogP) is 3.74. The third-order valence-corrected chi connectivity index (χ3v) is 4.15. The molecular weight excluding hydrogens is 232 g/mol. The van der Waals surface area contributed by atoms with Gasteiger partial charge in [-0.05, 0) is 50.4 Å². The molecule has 0 bridgehead atoms. The second-order valence-electron chi connectivity index (χ2n) is 5.90. The minimum atomic E-state index is 0.790. The van der Waals surface area contributed by atoms with Gasteiger partial charge in [0.25, 0.3) is 0 Å². The molecule has 0 unspecified atom stereocenters. The van der Waals surface area contributed by atoms with Gasteiger partial charge >= 0.3 is 0 Å². The molecule has 19 heavy (non-hydrogen) atoms. The zero-order valence-corrected chi connectivity index (χ0v) is 12.5. The van der Waals surface area contributed by atoms with Crippen molar-refractivity contribution in [3.63, 3.8) is 0 Å². The highest BCUT2D eigenvalue weighted by Gasteiger charge is 2.11. The maximum absolute atomic E-state index is 3.71. The van der Waals surface area contributed by atoms with Crippen LogP contribution in [0.2, 0.25) is 0 Å². The minimum absolute atomic E-state index is 0.790. The highest BCUT2D eigenvalue weighted by molar-refractivity contribution is 5.47. The van der Waals surface area contributed by atoms with E-state index in [1.807, 2.05) is 0 Å². The number of hydrogen-bond acceptors (Lipinski definition) is 2. The van der Waals surface area contributed by atoms with Crippen molar-refractivity contribution in [3.8, 4) is 0 Å². The first kappa shape index (κ1) is 14.4. The van der Waals surface area contributed by atoms with Crippen molar-refractivity contribution < 1.29 is 0 Å². The summed E-state index contributed by atoms with van der Waals surface area (Å²) in [5.74, 6) is 0. The van der Waals surface area contributed by atoms with Gasteiger partial charge < -0.3 is 10.2 Å². The van der Waals surface area contributed by atoms with Crippen LogP contribution in [0.1, 0.15) is 44.1 Å². The van der Waals surface area contributed by atoms with Crippen LogP contribution in [0.3, 0.4) is 0 Å². The molecule has 0 saturated heterocycles. The molecule has 0 aliphatic heterocycles. The Morgan fingerprint density at radius 3 is 2.74 bits per heavy atom. The first-order valence-electron chi connectivity index (χ1n) is 7.77. The maximum atomic E-state index is 3.71. The van der Waals surface area contributed by atoms with Gasteiger partial charge in [-0.2, -0.15) is 0 Å². The van der Waals surface area contributed by atoms with Gasteiger partial charge in [0.1, 0.15) is 0 Å². The van der Waals surface area contributed by atoms with Crippen molar-refractivity contribution in [1.29, 1.82) is 0 Å². The molecule has 1 saturated carbocycles. The average molecular weight is 260 g/mol. The second kappa shape index (κ2) is 7.54. The van der Waals surface area contributed by atoms with Gasteiger partial charge in [-0.25, -0.2) is 0 Å². The number of aryl methyl sites for hydroxylation is 1. The van der Waals surface area contributed by atoms with E-state index in [1.54, 1.807) is 0 Å². The van der Waals surface area contributed by atoms with Crippen LogP contribution in [0, 0.1) is 6.92 Å². The van der Waals surface area contributed by atoms with Gasteiger partial charge in [0.2, 0.25) is 0 Å². The first-order valence-corrected chi connectivity index (χ1v) is 7.77. The molecular formula is C17H28N2. The molecule has 0 amide bonds. The largest absolute Gasteiger partial charge is 0.375 e. The van der Waals surface area contributed by atoms with E-state index in [0.29, 0.717) is 0 Å². The minimum Gasteiger partial charge on any atom is -0.375 e. The van der Waals surface area contributed by atoms with Crippen LogP contribution >= 0.6 is 0 Å². The fraction of sp³-hybridized carbons (Fsp3) is 0.647. The molecule has 0 atom stereocenters. The quantitative estimate of drug-likeness (QED) is 0.784. The molecule has 0 heterocycles. The van der Waals surface area contributed by atoms with Crippen LogP contribution in [-0.4, -0.2) is 26.2 Å². The highest BCUT2D eigenvalue weighted by Crippen LogP contribution is 2.17. The van der Waals surface area contributed by atoms with E-state index < -0.39 is 0 Å². The Morgan fingerprint density at radius 1 is 1.21 bits per heavy atom. The zero-order chi connectivity index (χ0) is 13.5. The zero-order valence-electron chi connectivity index (χ0n) is 12.5. The lowest BCUT2D eigenvalue weighted by molar-refractivity contribution is 0.373. The third kappa shape index (κ3) is 4.87. The number of anilines is 1. The predicted molar refractivity (Wildman–Crippen MR) is 83.9 cm³/mol. The lowest BCUT2D eigenvalue weighted by Crippen LogP contribution is -2.33. The molecule has 1 aliphatic rings. The molecule has 106 valence electrons. The van der Waals surface area contributed by atoms with Crippen LogP contribution in [0.5, 0.6) is 0 Å². The van der Waals surface area contributed by atoms with Crippen LogP contribution in [-0.2, 0) is 0 Å². The Bertz CT molecular complexity index is 369. The van der Waals surface area contributed by atoms with Crippen molar-refractivity contribution >= 4 is 5.69 Å². The third-order valence-electron chi connectivity index (χ3n) is 4.15. The number of benzene rings is 1. The van der Waals surface area contributed by atoms with Crippen LogP contribution in [0.4, 0.5) is 5.69 Å². The lowest BCUT2D eigenvalue weighted by atomic mass is 9.95. The van der Waals surface area contributed by atoms with Gasteiger partial charge in [-0.3, -0.25) is 0 Å². The average Bonchev–Trinajstić information content (AvgIpc) is 2.44. The van der Waals surface area contributed by atoms with Crippen LogP contribution in [0.25, 0.3) is 0 Å². The van der Waals surface area contributed by atoms with Crippen molar-refractivity contribution in [2.45, 2.75) is 51.5 Å². The molecule has 0 spiro atoms. The molecule has 1 N–H and O–H groups in total. The summed E-state index contributed by atoms with van der Waals surface area (Å²) in [5.41, 5.74) is 2.67. The van der Waals surface area contributed by atoms with E-state index in [0.717, 1.165) is 19.1 Å². The van der Waals surface area contributed by atoms with E-state index in [-0.39, 0.29) is 0 Å². The summed E-state index contributed by atoms with van der Waals surface area (Å²) in [4.78, 5) is 2.36. The molecule has 0 aromatic heterocycles. The summed E-state index contributed by atoms with van der Waals surface area (Å²) in [6.45, 7) is 4.44. The van der Waals surface area contributed by atoms with Crippen molar-refractivity contribution in [1.82, 2.24) is 5.32 Å². The summed E-state index contributed by atoms with van der Waals surface area (Å²) in [6, 6.07) is 9.54. The highest BCUT2D eigenvalue weighted by atomic mass is 15.1. The molecule has 2 nitrogen and oxygen atoms in total. The van der Waals surface area contributed by atoms with Crippen LogP contribution < -0.4 is 10.2 Å². The van der Waals surface area contributed by atoms with Gasteiger partial charge in [0.05, 0.1) is 0 Å². The number of hydrogen-bond donors (Lipinski definition) is 1. The van der Waals surface area contributed by atoms with E-state index in [4.69, 9.17) is 0 Å². The number of nitrogens with one attached hydrogen (secondary N) is 1. The molecule has 0 radical (unpaired) electrons. The Balaban J connectivity index is 1.64. The van der Waals surface area contributed by atoms with Crippen LogP contribution in [0.15, 0.2) is 24.3 Å². The monoisotopic (exact) mass is 260 g/mol. The molecule has 1 aromatic carbocycles. The molecule has 1 aromatic rings.